The SMILES string of the molecule is CCCNC[C@@H](C)O[Si](C)(C)C. The highest BCUT2D eigenvalue weighted by Crippen LogP contribution is 2.05. The van der Waals surface area contributed by atoms with Gasteiger partial charge in [0.25, 0.3) is 0 Å². The van der Waals surface area contributed by atoms with E-state index in [-0.39, 0.29) is 0 Å². The van der Waals surface area contributed by atoms with Gasteiger partial charge in [-0.2, -0.15) is 0 Å². The first kappa shape index (κ1) is 12.1. The van der Waals surface area contributed by atoms with E-state index < -0.39 is 8.32 Å². The van der Waals surface area contributed by atoms with E-state index in [1.54, 1.807) is 0 Å². The van der Waals surface area contributed by atoms with Gasteiger partial charge < -0.3 is 9.74 Å². The average molecular weight is 189 g/mol. The fourth-order valence-corrected chi connectivity index (χ4v) is 2.42. The summed E-state index contributed by atoms with van der Waals surface area (Å²) in [7, 11) is -1.32. The van der Waals surface area contributed by atoms with Crippen LogP contribution in [-0.4, -0.2) is 27.5 Å². The van der Waals surface area contributed by atoms with Crippen LogP contribution in [0.15, 0.2) is 0 Å². The van der Waals surface area contributed by atoms with Crippen molar-refractivity contribution in [2.24, 2.45) is 0 Å². The molecule has 0 aromatic heterocycles. The molecular weight excluding hydrogens is 166 g/mol. The maximum absolute atomic E-state index is 5.86. The quantitative estimate of drug-likeness (QED) is 0.511. The van der Waals surface area contributed by atoms with Gasteiger partial charge in [0.1, 0.15) is 0 Å². The Kier molecular flexibility index (Phi) is 5.79. The van der Waals surface area contributed by atoms with Crippen molar-refractivity contribution in [2.75, 3.05) is 13.1 Å². The van der Waals surface area contributed by atoms with Gasteiger partial charge in [-0.1, -0.05) is 6.92 Å². The minimum Gasteiger partial charge on any atom is -0.414 e. The Morgan fingerprint density at radius 2 is 1.92 bits per heavy atom. The van der Waals surface area contributed by atoms with Gasteiger partial charge in [-0.15, -0.1) is 0 Å². The molecule has 0 saturated carbocycles. The molecule has 0 amide bonds. The van der Waals surface area contributed by atoms with Crippen molar-refractivity contribution < 1.29 is 4.43 Å². The molecule has 1 atom stereocenters. The van der Waals surface area contributed by atoms with E-state index in [0.29, 0.717) is 6.10 Å². The first-order valence-electron chi connectivity index (χ1n) is 4.84. The van der Waals surface area contributed by atoms with Gasteiger partial charge in [0, 0.05) is 6.54 Å². The van der Waals surface area contributed by atoms with Gasteiger partial charge in [0.05, 0.1) is 6.10 Å². The van der Waals surface area contributed by atoms with E-state index in [9.17, 15) is 0 Å². The molecular formula is C9H23NOSi. The van der Waals surface area contributed by atoms with E-state index in [2.05, 4.69) is 38.8 Å². The Morgan fingerprint density at radius 1 is 1.33 bits per heavy atom. The molecule has 0 unspecified atom stereocenters. The van der Waals surface area contributed by atoms with Crippen LogP contribution in [0.3, 0.4) is 0 Å². The van der Waals surface area contributed by atoms with Crippen LogP contribution >= 0.6 is 0 Å². The second-order valence-electron chi connectivity index (χ2n) is 4.24. The zero-order chi connectivity index (χ0) is 9.61. The fraction of sp³-hybridized carbons (Fsp3) is 1.00. The summed E-state index contributed by atoms with van der Waals surface area (Å²) in [4.78, 5) is 0. The monoisotopic (exact) mass is 189 g/mol. The molecule has 12 heavy (non-hydrogen) atoms. The lowest BCUT2D eigenvalue weighted by molar-refractivity contribution is 0.210. The Balaban J connectivity index is 3.40. The molecule has 2 nitrogen and oxygen atoms in total. The number of hydrogen-bond acceptors (Lipinski definition) is 2. The number of hydrogen-bond donors (Lipinski definition) is 1. The molecule has 0 fully saturated rings. The van der Waals surface area contributed by atoms with Gasteiger partial charge in [-0.3, -0.25) is 0 Å². The zero-order valence-electron chi connectivity index (χ0n) is 9.11. The van der Waals surface area contributed by atoms with E-state index >= 15 is 0 Å². The predicted molar refractivity (Wildman–Crippen MR) is 57.1 cm³/mol. The molecule has 0 aliphatic rings. The molecule has 0 aromatic rings. The van der Waals surface area contributed by atoms with Crippen molar-refractivity contribution in [1.82, 2.24) is 5.32 Å². The summed E-state index contributed by atoms with van der Waals surface area (Å²) in [6.45, 7) is 13.1. The first-order valence-corrected chi connectivity index (χ1v) is 8.25. The maximum atomic E-state index is 5.86. The van der Waals surface area contributed by atoms with Gasteiger partial charge >= 0.3 is 0 Å². The predicted octanol–water partition coefficient (Wildman–Crippen LogP) is 2.23. The normalized spacial score (nSPS) is 14.8. The Labute approximate surface area is 77.8 Å². The summed E-state index contributed by atoms with van der Waals surface area (Å²) in [6.07, 6.45) is 1.56. The van der Waals surface area contributed by atoms with Gasteiger partial charge in [-0.05, 0) is 39.5 Å². The van der Waals surface area contributed by atoms with Crippen molar-refractivity contribution in [3.05, 3.63) is 0 Å². The van der Waals surface area contributed by atoms with Crippen molar-refractivity contribution in [3.63, 3.8) is 0 Å². The van der Waals surface area contributed by atoms with Crippen LogP contribution in [0, 0.1) is 0 Å². The highest BCUT2D eigenvalue weighted by molar-refractivity contribution is 6.69. The van der Waals surface area contributed by atoms with E-state index in [0.717, 1.165) is 13.1 Å². The van der Waals surface area contributed by atoms with Gasteiger partial charge in [-0.25, -0.2) is 0 Å². The average Bonchev–Trinajstić information content (AvgIpc) is 1.84. The van der Waals surface area contributed by atoms with Crippen LogP contribution in [0.5, 0.6) is 0 Å². The first-order chi connectivity index (χ1) is 5.45. The summed E-state index contributed by atoms with van der Waals surface area (Å²) in [5.41, 5.74) is 0. The van der Waals surface area contributed by atoms with Gasteiger partial charge in [0.15, 0.2) is 8.32 Å². The molecule has 0 heterocycles. The molecule has 0 saturated heterocycles. The molecule has 1 N–H and O–H groups in total. The van der Waals surface area contributed by atoms with Crippen molar-refractivity contribution in [2.45, 2.75) is 46.0 Å². The number of nitrogens with one attached hydrogen (secondary N) is 1. The van der Waals surface area contributed by atoms with Gasteiger partial charge in [0.2, 0.25) is 0 Å². The Morgan fingerprint density at radius 3 is 2.33 bits per heavy atom. The smallest absolute Gasteiger partial charge is 0.184 e. The summed E-state index contributed by atoms with van der Waals surface area (Å²) in [6, 6.07) is 0. The largest absolute Gasteiger partial charge is 0.414 e. The maximum Gasteiger partial charge on any atom is 0.184 e. The zero-order valence-corrected chi connectivity index (χ0v) is 10.1. The second kappa shape index (κ2) is 5.73. The lowest BCUT2D eigenvalue weighted by Gasteiger charge is -2.23. The second-order valence-corrected chi connectivity index (χ2v) is 8.71. The van der Waals surface area contributed by atoms with Crippen LogP contribution < -0.4 is 5.32 Å². The molecule has 0 aliphatic carbocycles. The summed E-state index contributed by atoms with van der Waals surface area (Å²) < 4.78 is 5.86. The molecule has 3 heteroatoms. The highest BCUT2D eigenvalue weighted by atomic mass is 28.4. The molecule has 0 radical (unpaired) electrons. The standard InChI is InChI=1S/C9H23NOSi/c1-6-7-10-8-9(2)11-12(3,4)5/h9-10H,6-8H2,1-5H3/t9-/m1/s1. The molecule has 0 bridgehead atoms. The topological polar surface area (TPSA) is 21.3 Å². The molecule has 0 aliphatic heterocycles. The van der Waals surface area contributed by atoms with Crippen LogP contribution in [0.2, 0.25) is 19.6 Å². The molecule has 74 valence electrons. The Bertz CT molecular complexity index is 112. The lowest BCUT2D eigenvalue weighted by Crippen LogP contribution is -2.36. The number of rotatable bonds is 6. The lowest BCUT2D eigenvalue weighted by atomic mass is 10.4. The van der Waals surface area contributed by atoms with Crippen LogP contribution in [0.1, 0.15) is 20.3 Å². The van der Waals surface area contributed by atoms with E-state index in [1.165, 1.54) is 6.42 Å². The third-order valence-corrected chi connectivity index (χ3v) is 2.52. The summed E-state index contributed by atoms with van der Waals surface area (Å²) in [5.74, 6) is 0. The van der Waals surface area contributed by atoms with Crippen molar-refractivity contribution in [1.29, 1.82) is 0 Å². The van der Waals surface area contributed by atoms with Crippen LogP contribution in [-0.2, 0) is 4.43 Å². The third kappa shape index (κ3) is 8.24. The van der Waals surface area contributed by atoms with E-state index in [4.69, 9.17) is 4.43 Å². The Hall–Kier alpha value is 0.137. The highest BCUT2D eigenvalue weighted by Gasteiger charge is 2.17. The minimum atomic E-state index is -1.32. The van der Waals surface area contributed by atoms with Crippen LogP contribution in [0.4, 0.5) is 0 Å². The minimum absolute atomic E-state index is 0.364. The molecule has 0 spiro atoms. The third-order valence-electron chi connectivity index (χ3n) is 1.41. The fourth-order valence-electron chi connectivity index (χ4n) is 1.13. The molecule has 0 rings (SSSR count). The van der Waals surface area contributed by atoms with Crippen molar-refractivity contribution >= 4 is 8.32 Å². The summed E-state index contributed by atoms with van der Waals surface area (Å²) in [5, 5.41) is 3.35. The van der Waals surface area contributed by atoms with E-state index in [1.807, 2.05) is 0 Å². The molecule has 0 aromatic carbocycles. The van der Waals surface area contributed by atoms with Crippen LogP contribution in [0.25, 0.3) is 0 Å². The van der Waals surface area contributed by atoms with Crippen molar-refractivity contribution in [3.8, 4) is 0 Å². The summed E-state index contributed by atoms with van der Waals surface area (Å²) >= 11 is 0.